The van der Waals surface area contributed by atoms with Crippen molar-refractivity contribution in [3.63, 3.8) is 0 Å². The zero-order chi connectivity index (χ0) is 17.4. The number of aromatic nitrogens is 1. The minimum absolute atomic E-state index is 0.183. The second-order valence-corrected chi connectivity index (χ2v) is 5.83. The molecule has 0 aliphatic heterocycles. The summed E-state index contributed by atoms with van der Waals surface area (Å²) in [5.74, 6) is 0.424. The van der Waals surface area contributed by atoms with Gasteiger partial charge in [0.2, 0.25) is 0 Å². The Hall–Kier alpha value is -2.33. The number of hydrogen-bond acceptors (Lipinski definition) is 3. The fraction of sp³-hybridized carbons (Fsp3) is 0.350. The van der Waals surface area contributed by atoms with Gasteiger partial charge in [-0.2, -0.15) is 0 Å². The van der Waals surface area contributed by atoms with Crippen molar-refractivity contribution in [1.29, 1.82) is 0 Å². The fourth-order valence-corrected chi connectivity index (χ4v) is 2.72. The number of carbonyl (C=O) groups excluding carboxylic acids is 1. The Kier molecular flexibility index (Phi) is 6.82. The van der Waals surface area contributed by atoms with Gasteiger partial charge < -0.3 is 9.72 Å². The van der Waals surface area contributed by atoms with Gasteiger partial charge in [0.1, 0.15) is 5.75 Å². The third-order valence-electron chi connectivity index (χ3n) is 3.90. The maximum Gasteiger partial charge on any atom is 0.311 e. The normalized spacial score (nSPS) is 10.9. The highest BCUT2D eigenvalue weighted by molar-refractivity contribution is 5.85. The van der Waals surface area contributed by atoms with Crippen LogP contribution in [-0.2, 0) is 11.2 Å². The lowest BCUT2D eigenvalue weighted by molar-refractivity contribution is -0.134. The molecule has 1 aromatic heterocycles. The topological polar surface area (TPSA) is 45.3 Å². The van der Waals surface area contributed by atoms with E-state index >= 15 is 0 Å². The van der Waals surface area contributed by atoms with Gasteiger partial charge in [0.05, 0.1) is 0 Å². The summed E-state index contributed by atoms with van der Waals surface area (Å²) in [6.07, 6.45) is 7.99. The average molecular weight is 326 g/mol. The maximum atomic E-state index is 11.7. The van der Waals surface area contributed by atoms with Crippen molar-refractivity contribution in [2.24, 2.45) is 0 Å². The van der Waals surface area contributed by atoms with Crippen LogP contribution in [0.1, 0.15) is 25.3 Å². The molecule has 0 aliphatic rings. The lowest BCUT2D eigenvalue weighted by Gasteiger charge is -2.18. The first kappa shape index (κ1) is 18.0. The van der Waals surface area contributed by atoms with Gasteiger partial charge >= 0.3 is 5.97 Å². The van der Waals surface area contributed by atoms with Gasteiger partial charge in [0.25, 0.3) is 0 Å². The Balaban J connectivity index is 2.11. The van der Waals surface area contributed by atoms with E-state index in [1.165, 1.54) is 5.56 Å². The minimum atomic E-state index is -0.183. The van der Waals surface area contributed by atoms with Crippen molar-refractivity contribution in [1.82, 2.24) is 9.88 Å². The van der Waals surface area contributed by atoms with E-state index in [-0.39, 0.29) is 5.97 Å². The van der Waals surface area contributed by atoms with Crippen LogP contribution in [0.5, 0.6) is 5.75 Å². The smallest absolute Gasteiger partial charge is 0.311 e. The Morgan fingerprint density at radius 2 is 2.04 bits per heavy atom. The summed E-state index contributed by atoms with van der Waals surface area (Å²) in [6, 6.07) is 5.73. The van der Waals surface area contributed by atoms with Crippen LogP contribution in [0.15, 0.2) is 49.7 Å². The number of nitrogens with one attached hydrogen (secondary N) is 1. The molecule has 0 spiro atoms. The second kappa shape index (κ2) is 9.08. The van der Waals surface area contributed by atoms with Gasteiger partial charge in [0, 0.05) is 43.2 Å². The molecule has 0 bridgehead atoms. The van der Waals surface area contributed by atoms with E-state index < -0.39 is 0 Å². The Labute approximate surface area is 143 Å². The van der Waals surface area contributed by atoms with Gasteiger partial charge in [-0.3, -0.25) is 9.69 Å². The van der Waals surface area contributed by atoms with Crippen molar-refractivity contribution in [2.75, 3.05) is 19.6 Å². The maximum absolute atomic E-state index is 11.7. The largest absolute Gasteiger partial charge is 0.427 e. The number of aromatic amines is 1. The predicted molar refractivity (Wildman–Crippen MR) is 99.4 cm³/mol. The molecule has 1 heterocycles. The highest BCUT2D eigenvalue weighted by Gasteiger charge is 2.09. The minimum Gasteiger partial charge on any atom is -0.427 e. The Morgan fingerprint density at radius 3 is 2.71 bits per heavy atom. The molecule has 2 aromatic rings. The lowest BCUT2D eigenvalue weighted by Crippen LogP contribution is -2.26. The molecule has 0 unspecified atom stereocenters. The SMILES string of the molecule is C=CCN(CC=C)CCc1c[nH]c2ccc(OC(=O)CCC)cc12. The van der Waals surface area contributed by atoms with E-state index in [4.69, 9.17) is 4.74 Å². The second-order valence-electron chi connectivity index (χ2n) is 5.83. The number of rotatable bonds is 10. The summed E-state index contributed by atoms with van der Waals surface area (Å²) >= 11 is 0. The van der Waals surface area contributed by atoms with Gasteiger partial charge in [-0.15, -0.1) is 13.2 Å². The van der Waals surface area contributed by atoms with E-state index in [1.54, 1.807) is 0 Å². The first-order chi connectivity index (χ1) is 11.7. The number of nitrogens with zero attached hydrogens (tertiary/aromatic N) is 1. The Bertz CT molecular complexity index is 693. The number of hydrogen-bond donors (Lipinski definition) is 1. The van der Waals surface area contributed by atoms with Crippen molar-refractivity contribution in [3.8, 4) is 5.75 Å². The number of carbonyl (C=O) groups is 1. The van der Waals surface area contributed by atoms with Gasteiger partial charge in [0.15, 0.2) is 0 Å². The molecular weight excluding hydrogens is 300 g/mol. The summed E-state index contributed by atoms with van der Waals surface area (Å²) in [5, 5.41) is 1.11. The number of esters is 1. The summed E-state index contributed by atoms with van der Waals surface area (Å²) in [7, 11) is 0. The van der Waals surface area contributed by atoms with Crippen molar-refractivity contribution in [2.45, 2.75) is 26.2 Å². The van der Waals surface area contributed by atoms with E-state index in [9.17, 15) is 4.79 Å². The average Bonchev–Trinajstić information content (AvgIpc) is 2.95. The molecule has 1 aromatic carbocycles. The quantitative estimate of drug-likeness (QED) is 0.406. The van der Waals surface area contributed by atoms with Crippen LogP contribution in [0.3, 0.4) is 0 Å². The highest BCUT2D eigenvalue weighted by Crippen LogP contribution is 2.24. The molecule has 128 valence electrons. The summed E-state index contributed by atoms with van der Waals surface area (Å²) in [4.78, 5) is 17.2. The fourth-order valence-electron chi connectivity index (χ4n) is 2.72. The number of H-pyrrole nitrogens is 1. The van der Waals surface area contributed by atoms with Gasteiger partial charge in [-0.05, 0) is 36.6 Å². The molecule has 0 aliphatic carbocycles. The standard InChI is InChI=1S/C20H26N2O2/c1-4-7-20(23)24-17-8-9-19-18(14-17)16(15-21-19)10-13-22(11-5-2)12-6-3/h5-6,8-9,14-15,21H,2-4,7,10-13H2,1H3. The summed E-state index contributed by atoms with van der Waals surface area (Å²) in [5.41, 5.74) is 2.27. The van der Waals surface area contributed by atoms with Crippen molar-refractivity contribution in [3.05, 3.63) is 55.3 Å². The van der Waals surface area contributed by atoms with Crippen LogP contribution in [-0.4, -0.2) is 35.5 Å². The Morgan fingerprint density at radius 1 is 1.29 bits per heavy atom. The predicted octanol–water partition coefficient (Wildman–Crippen LogP) is 4.09. The van der Waals surface area contributed by atoms with E-state index in [0.29, 0.717) is 12.2 Å². The molecular formula is C20H26N2O2. The molecule has 0 radical (unpaired) electrons. The summed E-state index contributed by atoms with van der Waals surface area (Å²) < 4.78 is 5.40. The number of fused-ring (bicyclic) bond motifs is 1. The van der Waals surface area contributed by atoms with Crippen LogP contribution in [0.25, 0.3) is 10.9 Å². The molecule has 2 rings (SSSR count). The monoisotopic (exact) mass is 326 g/mol. The van der Waals surface area contributed by atoms with E-state index in [1.807, 2.05) is 43.5 Å². The molecule has 0 fully saturated rings. The van der Waals surface area contributed by atoms with Crippen molar-refractivity contribution < 1.29 is 9.53 Å². The number of ether oxygens (including phenoxy) is 1. The number of benzene rings is 1. The van der Waals surface area contributed by atoms with Gasteiger partial charge in [-0.25, -0.2) is 0 Å². The zero-order valence-electron chi connectivity index (χ0n) is 14.4. The molecule has 4 heteroatoms. The molecule has 0 atom stereocenters. The molecule has 1 N–H and O–H groups in total. The molecule has 0 amide bonds. The zero-order valence-corrected chi connectivity index (χ0v) is 14.4. The molecule has 0 saturated heterocycles. The van der Waals surface area contributed by atoms with Crippen LogP contribution in [0, 0.1) is 0 Å². The van der Waals surface area contributed by atoms with Crippen LogP contribution >= 0.6 is 0 Å². The lowest BCUT2D eigenvalue weighted by atomic mass is 10.1. The van der Waals surface area contributed by atoms with E-state index in [0.717, 1.165) is 43.4 Å². The van der Waals surface area contributed by atoms with Crippen LogP contribution in [0.2, 0.25) is 0 Å². The van der Waals surface area contributed by atoms with E-state index in [2.05, 4.69) is 23.0 Å². The van der Waals surface area contributed by atoms with Crippen LogP contribution < -0.4 is 4.74 Å². The third-order valence-corrected chi connectivity index (χ3v) is 3.90. The third kappa shape index (κ3) is 4.83. The first-order valence-electron chi connectivity index (χ1n) is 8.42. The van der Waals surface area contributed by atoms with Gasteiger partial charge in [-0.1, -0.05) is 19.1 Å². The first-order valence-corrected chi connectivity index (χ1v) is 8.42. The van der Waals surface area contributed by atoms with Crippen LogP contribution in [0.4, 0.5) is 0 Å². The molecule has 4 nitrogen and oxygen atoms in total. The molecule has 24 heavy (non-hydrogen) atoms. The van der Waals surface area contributed by atoms with Crippen molar-refractivity contribution >= 4 is 16.9 Å². The molecule has 0 saturated carbocycles. The summed E-state index contributed by atoms with van der Waals surface area (Å²) in [6.45, 7) is 12.2. The highest BCUT2D eigenvalue weighted by atomic mass is 16.5.